The van der Waals surface area contributed by atoms with E-state index in [0.717, 1.165) is 25.6 Å². The highest BCUT2D eigenvalue weighted by Crippen LogP contribution is 2.15. The van der Waals surface area contributed by atoms with E-state index >= 15 is 0 Å². The molecule has 0 amide bonds. The summed E-state index contributed by atoms with van der Waals surface area (Å²) >= 11 is 0. The highest BCUT2D eigenvalue weighted by atomic mass is 15.1. The molecule has 0 aliphatic rings. The van der Waals surface area contributed by atoms with Crippen molar-refractivity contribution < 1.29 is 0 Å². The third-order valence-corrected chi connectivity index (χ3v) is 3.33. The van der Waals surface area contributed by atoms with Gasteiger partial charge in [-0.1, -0.05) is 40.0 Å². The molecular weight excluding hydrogens is 210 g/mol. The number of rotatable bonds is 9. The number of aromatic nitrogens is 2. The van der Waals surface area contributed by atoms with Gasteiger partial charge in [0, 0.05) is 18.9 Å². The molecule has 0 spiro atoms. The molecule has 1 unspecified atom stereocenters. The van der Waals surface area contributed by atoms with Crippen LogP contribution < -0.4 is 5.32 Å². The second-order valence-electron chi connectivity index (χ2n) is 4.69. The summed E-state index contributed by atoms with van der Waals surface area (Å²) in [6.07, 6.45) is 9.27. The van der Waals surface area contributed by atoms with Crippen LogP contribution in [0.2, 0.25) is 0 Å². The third kappa shape index (κ3) is 4.90. The predicted molar refractivity (Wildman–Crippen MR) is 72.9 cm³/mol. The molecule has 3 heteroatoms. The minimum absolute atomic E-state index is 0.796. The van der Waals surface area contributed by atoms with E-state index in [2.05, 4.69) is 41.8 Å². The SMILES string of the molecule is CCCCC(CC)Cn1ccnc1CNCC. The third-order valence-electron chi connectivity index (χ3n) is 3.33. The Hall–Kier alpha value is -0.830. The van der Waals surface area contributed by atoms with Gasteiger partial charge in [-0.25, -0.2) is 4.98 Å². The first-order valence-electron chi connectivity index (χ1n) is 7.02. The van der Waals surface area contributed by atoms with E-state index in [4.69, 9.17) is 0 Å². The average molecular weight is 237 g/mol. The molecule has 1 heterocycles. The van der Waals surface area contributed by atoms with Crippen molar-refractivity contribution in [1.29, 1.82) is 0 Å². The van der Waals surface area contributed by atoms with Gasteiger partial charge in [0.15, 0.2) is 0 Å². The van der Waals surface area contributed by atoms with Crippen LogP contribution in [0.3, 0.4) is 0 Å². The molecule has 0 aliphatic heterocycles. The molecule has 0 aromatic carbocycles. The van der Waals surface area contributed by atoms with E-state index in [9.17, 15) is 0 Å². The Kier molecular flexibility index (Phi) is 6.94. The minimum Gasteiger partial charge on any atom is -0.334 e. The maximum atomic E-state index is 4.42. The van der Waals surface area contributed by atoms with Gasteiger partial charge in [-0.05, 0) is 18.9 Å². The number of hydrogen-bond donors (Lipinski definition) is 1. The zero-order chi connectivity index (χ0) is 12.5. The highest BCUT2D eigenvalue weighted by molar-refractivity contribution is 4.92. The normalized spacial score (nSPS) is 12.9. The fourth-order valence-electron chi connectivity index (χ4n) is 2.11. The van der Waals surface area contributed by atoms with Gasteiger partial charge in [0.2, 0.25) is 0 Å². The molecule has 1 N–H and O–H groups in total. The highest BCUT2D eigenvalue weighted by Gasteiger charge is 2.09. The van der Waals surface area contributed by atoms with Crippen LogP contribution >= 0.6 is 0 Å². The van der Waals surface area contributed by atoms with E-state index in [1.807, 2.05) is 6.20 Å². The molecule has 17 heavy (non-hydrogen) atoms. The fraction of sp³-hybridized carbons (Fsp3) is 0.786. The van der Waals surface area contributed by atoms with E-state index in [1.54, 1.807) is 0 Å². The molecule has 0 fully saturated rings. The Balaban J connectivity index is 2.50. The molecule has 1 aromatic rings. The summed E-state index contributed by atoms with van der Waals surface area (Å²) in [6, 6.07) is 0. The summed E-state index contributed by atoms with van der Waals surface area (Å²) in [6.45, 7) is 9.69. The summed E-state index contributed by atoms with van der Waals surface area (Å²) in [5.74, 6) is 1.96. The maximum Gasteiger partial charge on any atom is 0.122 e. The minimum atomic E-state index is 0.796. The summed E-state index contributed by atoms with van der Waals surface area (Å²) in [5, 5.41) is 3.34. The number of imidazole rings is 1. The summed E-state index contributed by atoms with van der Waals surface area (Å²) in [5.41, 5.74) is 0. The molecular formula is C14H27N3. The van der Waals surface area contributed by atoms with Crippen molar-refractivity contribution in [3.05, 3.63) is 18.2 Å². The number of hydrogen-bond acceptors (Lipinski definition) is 2. The first-order chi connectivity index (χ1) is 8.31. The van der Waals surface area contributed by atoms with Crippen LogP contribution in [0.5, 0.6) is 0 Å². The Morgan fingerprint density at radius 1 is 1.35 bits per heavy atom. The Morgan fingerprint density at radius 3 is 2.82 bits per heavy atom. The van der Waals surface area contributed by atoms with Gasteiger partial charge >= 0.3 is 0 Å². The van der Waals surface area contributed by atoms with Crippen LogP contribution in [-0.4, -0.2) is 16.1 Å². The van der Waals surface area contributed by atoms with Crippen molar-refractivity contribution in [3.63, 3.8) is 0 Å². The quantitative estimate of drug-likeness (QED) is 0.714. The number of nitrogens with one attached hydrogen (secondary N) is 1. The lowest BCUT2D eigenvalue weighted by atomic mass is 9.99. The van der Waals surface area contributed by atoms with Crippen molar-refractivity contribution in [1.82, 2.24) is 14.9 Å². The second kappa shape index (κ2) is 8.29. The summed E-state index contributed by atoms with van der Waals surface area (Å²) < 4.78 is 2.31. The summed E-state index contributed by atoms with van der Waals surface area (Å²) in [7, 11) is 0. The first-order valence-corrected chi connectivity index (χ1v) is 7.02. The molecule has 1 rings (SSSR count). The van der Waals surface area contributed by atoms with Crippen LogP contribution in [0.4, 0.5) is 0 Å². The number of unbranched alkanes of at least 4 members (excludes halogenated alkanes) is 1. The van der Waals surface area contributed by atoms with Crippen molar-refractivity contribution in [2.45, 2.75) is 59.5 Å². The zero-order valence-corrected chi connectivity index (χ0v) is 11.6. The maximum absolute atomic E-state index is 4.42. The fourth-order valence-corrected chi connectivity index (χ4v) is 2.11. The van der Waals surface area contributed by atoms with Crippen LogP contribution in [0.25, 0.3) is 0 Å². The molecule has 0 bridgehead atoms. The smallest absolute Gasteiger partial charge is 0.122 e. The largest absolute Gasteiger partial charge is 0.334 e. The van der Waals surface area contributed by atoms with E-state index in [0.29, 0.717) is 0 Å². The lowest BCUT2D eigenvalue weighted by Gasteiger charge is -2.17. The van der Waals surface area contributed by atoms with Crippen LogP contribution in [0, 0.1) is 5.92 Å². The zero-order valence-electron chi connectivity index (χ0n) is 11.6. The summed E-state index contributed by atoms with van der Waals surface area (Å²) in [4.78, 5) is 4.42. The molecule has 0 radical (unpaired) electrons. The number of nitrogens with zero attached hydrogens (tertiary/aromatic N) is 2. The molecule has 98 valence electrons. The van der Waals surface area contributed by atoms with Crippen molar-refractivity contribution >= 4 is 0 Å². The average Bonchev–Trinajstić information content (AvgIpc) is 2.79. The van der Waals surface area contributed by atoms with E-state index in [-0.39, 0.29) is 0 Å². The molecule has 1 atom stereocenters. The van der Waals surface area contributed by atoms with Crippen LogP contribution in [0.15, 0.2) is 12.4 Å². The monoisotopic (exact) mass is 237 g/mol. The second-order valence-corrected chi connectivity index (χ2v) is 4.69. The lowest BCUT2D eigenvalue weighted by molar-refractivity contribution is 0.383. The first kappa shape index (κ1) is 14.2. The topological polar surface area (TPSA) is 29.9 Å². The van der Waals surface area contributed by atoms with E-state index < -0.39 is 0 Å². The van der Waals surface area contributed by atoms with Crippen LogP contribution in [-0.2, 0) is 13.1 Å². The Morgan fingerprint density at radius 2 is 2.18 bits per heavy atom. The lowest BCUT2D eigenvalue weighted by Crippen LogP contribution is -2.18. The van der Waals surface area contributed by atoms with Crippen molar-refractivity contribution in [2.24, 2.45) is 5.92 Å². The molecule has 3 nitrogen and oxygen atoms in total. The van der Waals surface area contributed by atoms with Crippen molar-refractivity contribution in [2.75, 3.05) is 6.54 Å². The Labute approximate surface area is 106 Å². The van der Waals surface area contributed by atoms with E-state index in [1.165, 1.54) is 31.5 Å². The van der Waals surface area contributed by atoms with Crippen LogP contribution in [0.1, 0.15) is 52.3 Å². The molecule has 0 aliphatic carbocycles. The molecule has 1 aromatic heterocycles. The molecule has 0 saturated heterocycles. The Bertz CT molecular complexity index is 293. The molecule has 0 saturated carbocycles. The predicted octanol–water partition coefficient (Wildman–Crippen LogP) is 3.21. The van der Waals surface area contributed by atoms with Gasteiger partial charge in [0.1, 0.15) is 5.82 Å². The van der Waals surface area contributed by atoms with Gasteiger partial charge in [-0.3, -0.25) is 0 Å². The van der Waals surface area contributed by atoms with Gasteiger partial charge in [-0.2, -0.15) is 0 Å². The van der Waals surface area contributed by atoms with Gasteiger partial charge < -0.3 is 9.88 Å². The standard InChI is InChI=1S/C14H27N3/c1-4-7-8-13(5-2)12-17-10-9-16-14(17)11-15-6-3/h9-10,13,15H,4-8,11-12H2,1-3H3. The van der Waals surface area contributed by atoms with Crippen molar-refractivity contribution in [3.8, 4) is 0 Å². The van der Waals surface area contributed by atoms with Gasteiger partial charge in [-0.15, -0.1) is 0 Å². The van der Waals surface area contributed by atoms with Gasteiger partial charge in [0.05, 0.1) is 6.54 Å². The van der Waals surface area contributed by atoms with Gasteiger partial charge in [0.25, 0.3) is 0 Å².